The summed E-state index contributed by atoms with van der Waals surface area (Å²) in [6.45, 7) is 0.201. The number of aromatic amines is 1. The van der Waals surface area contributed by atoms with Crippen LogP contribution in [0.3, 0.4) is 0 Å². The summed E-state index contributed by atoms with van der Waals surface area (Å²) in [5.74, 6) is -2.12. The lowest BCUT2D eigenvalue weighted by Gasteiger charge is -2.36. The van der Waals surface area contributed by atoms with E-state index in [2.05, 4.69) is 9.97 Å². The lowest BCUT2D eigenvalue weighted by atomic mass is 10.00. The van der Waals surface area contributed by atoms with Gasteiger partial charge < -0.3 is 16.5 Å². The van der Waals surface area contributed by atoms with Crippen molar-refractivity contribution in [3.63, 3.8) is 0 Å². The molecular formula is C17H24N5O4+. The number of rotatable bonds is 5. The molecule has 0 radical (unpaired) electrons. The summed E-state index contributed by atoms with van der Waals surface area (Å²) >= 11 is 0. The lowest BCUT2D eigenvalue weighted by Crippen LogP contribution is -2.68. The van der Waals surface area contributed by atoms with Gasteiger partial charge in [-0.15, -0.1) is 0 Å². The highest BCUT2D eigenvalue weighted by atomic mass is 16.2. The first kappa shape index (κ1) is 18.4. The highest BCUT2D eigenvalue weighted by Crippen LogP contribution is 2.35. The molecule has 3 amide bonds. The fourth-order valence-electron chi connectivity index (χ4n) is 4.27. The summed E-state index contributed by atoms with van der Waals surface area (Å²) in [4.78, 5) is 57.0. The molecule has 0 aromatic carbocycles. The predicted octanol–water partition coefficient (Wildman–Crippen LogP) is -0.834. The standard InChI is InChI=1S/C17H23N5O4/c18-13(7-11-8-20-9-21-11)17(26)22(5-1-2-14(22)15(19)24)16(25)10-3-4-12(23)6-10/h8-10,13-14H,1-7,18H2,(H2-,19,20,21,24)/p+1/t10-,13+,14+,22?/m1/s1. The van der Waals surface area contributed by atoms with Crippen LogP contribution in [0.15, 0.2) is 12.5 Å². The second-order valence-corrected chi connectivity index (χ2v) is 7.20. The number of nitrogens with two attached hydrogens (primary N) is 2. The monoisotopic (exact) mass is 362 g/mol. The molecule has 5 N–H and O–H groups in total. The number of imide groups is 1. The van der Waals surface area contributed by atoms with Gasteiger partial charge in [0.2, 0.25) is 0 Å². The third-order valence-corrected chi connectivity index (χ3v) is 5.54. The van der Waals surface area contributed by atoms with Crippen LogP contribution in [0.2, 0.25) is 0 Å². The van der Waals surface area contributed by atoms with Crippen molar-refractivity contribution < 1.29 is 23.7 Å². The molecular weight excluding hydrogens is 338 g/mol. The maximum atomic E-state index is 13.3. The van der Waals surface area contributed by atoms with Gasteiger partial charge in [-0.25, -0.2) is 14.6 Å². The van der Waals surface area contributed by atoms with E-state index in [4.69, 9.17) is 11.5 Å². The van der Waals surface area contributed by atoms with Gasteiger partial charge in [-0.2, -0.15) is 4.48 Å². The van der Waals surface area contributed by atoms with Gasteiger partial charge in [0.05, 0.1) is 18.8 Å². The Morgan fingerprint density at radius 1 is 1.35 bits per heavy atom. The topological polar surface area (TPSA) is 149 Å². The highest BCUT2D eigenvalue weighted by molar-refractivity contribution is 5.96. The number of ketones is 1. The van der Waals surface area contributed by atoms with Crippen molar-refractivity contribution in [1.82, 2.24) is 9.97 Å². The molecule has 3 rings (SSSR count). The number of amides is 3. The number of H-pyrrole nitrogens is 1. The Morgan fingerprint density at radius 3 is 2.69 bits per heavy atom. The van der Waals surface area contributed by atoms with Crippen molar-refractivity contribution >= 4 is 23.5 Å². The van der Waals surface area contributed by atoms with E-state index in [0.717, 1.165) is 0 Å². The van der Waals surface area contributed by atoms with Crippen molar-refractivity contribution in [2.75, 3.05) is 6.54 Å². The minimum atomic E-state index is -0.976. The fourth-order valence-corrected chi connectivity index (χ4v) is 4.27. The Morgan fingerprint density at radius 2 is 2.12 bits per heavy atom. The van der Waals surface area contributed by atoms with Gasteiger partial charge in [0, 0.05) is 44.0 Å². The molecule has 0 spiro atoms. The normalized spacial score (nSPS) is 29.7. The number of nitrogens with zero attached hydrogens (tertiary/aromatic N) is 2. The summed E-state index contributed by atoms with van der Waals surface area (Å²) in [7, 11) is 0. The lowest BCUT2D eigenvalue weighted by molar-refractivity contribution is -0.784. The Kier molecular flexibility index (Phi) is 5.01. The molecule has 9 nitrogen and oxygen atoms in total. The van der Waals surface area contributed by atoms with Gasteiger partial charge in [0.15, 0.2) is 6.04 Å². The van der Waals surface area contributed by atoms with Gasteiger partial charge >= 0.3 is 11.8 Å². The van der Waals surface area contributed by atoms with Crippen LogP contribution in [0.25, 0.3) is 0 Å². The Labute approximate surface area is 150 Å². The quantitative estimate of drug-likeness (QED) is 0.582. The van der Waals surface area contributed by atoms with Crippen LogP contribution < -0.4 is 11.5 Å². The summed E-state index contributed by atoms with van der Waals surface area (Å²) in [5, 5.41) is 0. The molecule has 1 aliphatic carbocycles. The second kappa shape index (κ2) is 7.08. The van der Waals surface area contributed by atoms with Gasteiger partial charge in [-0.3, -0.25) is 9.59 Å². The van der Waals surface area contributed by atoms with Crippen LogP contribution in [-0.4, -0.2) is 56.6 Å². The molecule has 1 unspecified atom stereocenters. The minimum Gasteiger partial charge on any atom is -0.364 e. The van der Waals surface area contributed by atoms with Crippen molar-refractivity contribution in [1.29, 1.82) is 0 Å². The third kappa shape index (κ3) is 3.08. The molecule has 1 aromatic rings. The van der Waals surface area contributed by atoms with E-state index in [1.165, 1.54) is 6.33 Å². The SMILES string of the molecule is NC(=O)[C@@H]1CCC[N+]1(C(=O)[C@@H]1CCC(=O)C1)C(=O)[C@@H](N)Cc1cnc[nH]1. The number of hydrogen-bond acceptors (Lipinski definition) is 6. The molecule has 2 heterocycles. The van der Waals surface area contributed by atoms with E-state index >= 15 is 0 Å². The van der Waals surface area contributed by atoms with Crippen LogP contribution in [0, 0.1) is 5.92 Å². The summed E-state index contributed by atoms with van der Waals surface area (Å²) in [6, 6.07) is -1.89. The minimum absolute atomic E-state index is 0.00512. The molecule has 1 saturated carbocycles. The van der Waals surface area contributed by atoms with E-state index in [1.807, 2.05) is 0 Å². The first-order chi connectivity index (χ1) is 12.4. The second-order valence-electron chi connectivity index (χ2n) is 7.20. The van der Waals surface area contributed by atoms with E-state index < -0.39 is 34.3 Å². The molecule has 0 bridgehead atoms. The van der Waals surface area contributed by atoms with E-state index in [1.54, 1.807) is 6.20 Å². The van der Waals surface area contributed by atoms with Crippen molar-refractivity contribution in [3.8, 4) is 0 Å². The largest absolute Gasteiger partial charge is 0.364 e. The number of carbonyl (C=O) groups excluding carboxylic acids is 4. The molecule has 26 heavy (non-hydrogen) atoms. The zero-order valence-electron chi connectivity index (χ0n) is 14.5. The number of primary amides is 1. The van der Waals surface area contributed by atoms with Gasteiger partial charge in [0.25, 0.3) is 5.91 Å². The zero-order valence-corrected chi connectivity index (χ0v) is 14.5. The van der Waals surface area contributed by atoms with E-state index in [-0.39, 0.29) is 31.1 Å². The molecule has 1 saturated heterocycles. The van der Waals surface area contributed by atoms with Crippen LogP contribution >= 0.6 is 0 Å². The Bertz CT molecular complexity index is 732. The number of aromatic nitrogens is 2. The number of imidazole rings is 1. The highest BCUT2D eigenvalue weighted by Gasteiger charge is 2.59. The predicted molar refractivity (Wildman–Crippen MR) is 90.0 cm³/mol. The fraction of sp³-hybridized carbons (Fsp3) is 0.588. The van der Waals surface area contributed by atoms with E-state index in [0.29, 0.717) is 31.4 Å². The van der Waals surface area contributed by atoms with Gasteiger partial charge in [-0.1, -0.05) is 0 Å². The van der Waals surface area contributed by atoms with Crippen LogP contribution in [-0.2, 0) is 25.6 Å². The molecule has 4 atom stereocenters. The van der Waals surface area contributed by atoms with Gasteiger partial charge in [-0.05, 0) is 6.42 Å². The zero-order chi connectivity index (χ0) is 18.9. The van der Waals surface area contributed by atoms with Gasteiger partial charge in [0.1, 0.15) is 11.8 Å². The van der Waals surface area contributed by atoms with E-state index in [9.17, 15) is 19.2 Å². The average Bonchev–Trinajstić information content (AvgIpc) is 3.33. The summed E-state index contributed by atoms with van der Waals surface area (Å²) < 4.78 is -0.650. The number of hydrogen-bond donors (Lipinski definition) is 3. The molecule has 2 aliphatic rings. The number of quaternary nitrogens is 1. The van der Waals surface area contributed by atoms with Crippen LogP contribution in [0.4, 0.5) is 0 Å². The number of Topliss-reactive ketones (excluding diaryl/α,β-unsaturated/α-hetero) is 1. The number of nitrogens with one attached hydrogen (secondary N) is 1. The maximum absolute atomic E-state index is 13.3. The van der Waals surface area contributed by atoms with Crippen LogP contribution in [0.5, 0.6) is 0 Å². The van der Waals surface area contributed by atoms with Crippen molar-refractivity contribution in [2.45, 2.75) is 50.6 Å². The third-order valence-electron chi connectivity index (χ3n) is 5.54. The maximum Gasteiger partial charge on any atom is 0.338 e. The molecule has 1 aromatic heterocycles. The molecule has 140 valence electrons. The smallest absolute Gasteiger partial charge is 0.338 e. The summed E-state index contributed by atoms with van der Waals surface area (Å²) in [6.07, 6.45) is 4.97. The average molecular weight is 362 g/mol. The van der Waals surface area contributed by atoms with Crippen molar-refractivity contribution in [2.24, 2.45) is 17.4 Å². The Balaban J connectivity index is 1.92. The Hall–Kier alpha value is -2.39. The van der Waals surface area contributed by atoms with Crippen LogP contribution in [0.1, 0.15) is 37.8 Å². The molecule has 9 heteroatoms. The molecule has 2 fully saturated rings. The first-order valence-corrected chi connectivity index (χ1v) is 8.86. The number of carbonyl (C=O) groups is 4. The summed E-state index contributed by atoms with van der Waals surface area (Å²) in [5.41, 5.74) is 12.3. The first-order valence-electron chi connectivity index (χ1n) is 8.86. The van der Waals surface area contributed by atoms with Crippen molar-refractivity contribution in [3.05, 3.63) is 18.2 Å². The molecule has 1 aliphatic heterocycles. The number of likely N-dealkylation sites (tertiary alicyclic amines) is 1.